The predicted octanol–water partition coefficient (Wildman–Crippen LogP) is 3.27. The van der Waals surface area contributed by atoms with Crippen molar-refractivity contribution >= 4 is 16.8 Å². The molecule has 1 aromatic carbocycles. The molecule has 3 heteroatoms. The molecular weight excluding hydrogens is 260 g/mol. The highest BCUT2D eigenvalue weighted by Crippen LogP contribution is 2.36. The minimum absolute atomic E-state index is 0.180. The molecule has 0 bridgehead atoms. The van der Waals surface area contributed by atoms with Gasteiger partial charge in [0.15, 0.2) is 0 Å². The maximum Gasteiger partial charge on any atom is 0.220 e. The van der Waals surface area contributed by atoms with E-state index in [1.54, 1.807) is 12.5 Å². The molecule has 0 unspecified atom stereocenters. The summed E-state index contributed by atoms with van der Waals surface area (Å²) in [5.74, 6) is 0.180. The molecule has 0 fully saturated rings. The van der Waals surface area contributed by atoms with E-state index >= 15 is 0 Å². The lowest BCUT2D eigenvalue weighted by Gasteiger charge is -2.27. The van der Waals surface area contributed by atoms with Gasteiger partial charge in [0.1, 0.15) is 0 Å². The Hall–Kier alpha value is -1.77. The molecule has 4 rings (SSSR count). The number of aromatic nitrogens is 1. The molecule has 1 atom stereocenters. The van der Waals surface area contributed by atoms with Gasteiger partial charge in [-0.1, -0.05) is 18.2 Å². The Morgan fingerprint density at radius 1 is 1.24 bits per heavy atom. The van der Waals surface area contributed by atoms with Crippen LogP contribution >= 0.6 is 0 Å². The summed E-state index contributed by atoms with van der Waals surface area (Å²) in [5, 5.41) is 1.43. The molecule has 1 aromatic heterocycles. The molecule has 2 aliphatic rings. The molecule has 110 valence electrons. The van der Waals surface area contributed by atoms with E-state index in [-0.39, 0.29) is 11.9 Å². The van der Waals surface area contributed by atoms with Crippen molar-refractivity contribution in [2.75, 3.05) is 0 Å². The van der Waals surface area contributed by atoms with Crippen molar-refractivity contribution in [2.45, 2.75) is 58.7 Å². The van der Waals surface area contributed by atoms with Crippen LogP contribution in [0, 0.1) is 0 Å². The monoisotopic (exact) mass is 282 g/mol. The Kier molecular flexibility index (Phi) is 2.84. The Balaban J connectivity index is 1.98. The molecule has 0 saturated carbocycles. The zero-order chi connectivity index (χ0) is 14.6. The van der Waals surface area contributed by atoms with Gasteiger partial charge >= 0.3 is 0 Å². The highest BCUT2D eigenvalue weighted by Gasteiger charge is 2.28. The third-order valence-electron chi connectivity index (χ3n) is 5.20. The van der Waals surface area contributed by atoms with Gasteiger partial charge in [-0.3, -0.25) is 4.79 Å². The van der Waals surface area contributed by atoms with E-state index in [0.717, 1.165) is 13.1 Å². The molecule has 0 saturated heterocycles. The van der Waals surface area contributed by atoms with E-state index in [1.807, 2.05) is 4.90 Å². The third kappa shape index (κ3) is 1.83. The van der Waals surface area contributed by atoms with Crippen LogP contribution in [0.4, 0.5) is 0 Å². The van der Waals surface area contributed by atoms with E-state index in [0.29, 0.717) is 0 Å². The van der Waals surface area contributed by atoms with Gasteiger partial charge in [-0.05, 0) is 43.7 Å². The average molecular weight is 282 g/mol. The Bertz CT molecular complexity index is 728. The van der Waals surface area contributed by atoms with E-state index in [9.17, 15) is 4.79 Å². The summed E-state index contributed by atoms with van der Waals surface area (Å²) in [7, 11) is 0. The van der Waals surface area contributed by atoms with Crippen LogP contribution in [-0.4, -0.2) is 21.4 Å². The normalized spacial score (nSPS) is 21.2. The summed E-state index contributed by atoms with van der Waals surface area (Å²) in [6.45, 7) is 5.54. The van der Waals surface area contributed by atoms with Crippen molar-refractivity contribution in [2.24, 2.45) is 0 Å². The number of para-hydroxylation sites is 1. The summed E-state index contributed by atoms with van der Waals surface area (Å²) in [6.07, 6.45) is 5.01. The number of benzene rings is 1. The van der Waals surface area contributed by atoms with Crippen molar-refractivity contribution in [1.82, 2.24) is 9.47 Å². The molecule has 2 heterocycles. The van der Waals surface area contributed by atoms with Crippen molar-refractivity contribution in [3.05, 3.63) is 35.0 Å². The quantitative estimate of drug-likeness (QED) is 0.728. The van der Waals surface area contributed by atoms with Gasteiger partial charge in [0, 0.05) is 37.1 Å². The first kappa shape index (κ1) is 12.9. The largest absolute Gasteiger partial charge is 0.342 e. The molecule has 0 radical (unpaired) electrons. The molecule has 1 aliphatic heterocycles. The number of carbonyl (C=O) groups excluding carboxylic acids is 1. The Morgan fingerprint density at radius 2 is 2.05 bits per heavy atom. The maximum atomic E-state index is 12.0. The van der Waals surface area contributed by atoms with Crippen LogP contribution in [0.5, 0.6) is 0 Å². The standard InChI is InChI=1S/C18H22N2O/c1-12-10-20-17-9-4-3-7-15(17)16-8-5-6-14(18(16)20)11-19(12)13(2)21/h5-6,8,12H,3-4,7,9-11H2,1-2H3/t12-/m1/s1. The Labute approximate surface area is 125 Å². The number of aryl methyl sites for hydroxylation is 1. The topological polar surface area (TPSA) is 25.2 Å². The number of hydrogen-bond acceptors (Lipinski definition) is 1. The molecule has 0 N–H and O–H groups in total. The number of fused-ring (bicyclic) bond motifs is 3. The van der Waals surface area contributed by atoms with E-state index < -0.39 is 0 Å². The molecule has 0 spiro atoms. The summed E-state index contributed by atoms with van der Waals surface area (Å²) < 4.78 is 2.52. The highest BCUT2D eigenvalue weighted by molar-refractivity contribution is 5.89. The third-order valence-corrected chi connectivity index (χ3v) is 5.20. The van der Waals surface area contributed by atoms with E-state index in [4.69, 9.17) is 0 Å². The van der Waals surface area contributed by atoms with Crippen LogP contribution in [0.25, 0.3) is 10.9 Å². The lowest BCUT2D eigenvalue weighted by molar-refractivity contribution is -0.131. The minimum atomic E-state index is 0.180. The first-order valence-corrected chi connectivity index (χ1v) is 8.06. The van der Waals surface area contributed by atoms with Crippen molar-refractivity contribution in [3.63, 3.8) is 0 Å². The predicted molar refractivity (Wildman–Crippen MR) is 84.3 cm³/mol. The lowest BCUT2D eigenvalue weighted by atomic mass is 9.95. The molecular formula is C18H22N2O. The summed E-state index contributed by atoms with van der Waals surface area (Å²) in [6, 6.07) is 6.88. The van der Waals surface area contributed by atoms with Gasteiger partial charge in [-0.15, -0.1) is 0 Å². The highest BCUT2D eigenvalue weighted by atomic mass is 16.2. The Morgan fingerprint density at radius 3 is 2.86 bits per heavy atom. The SMILES string of the molecule is CC(=O)N1Cc2cccc3c4c(n(c23)C[C@H]1C)CCCC4. The van der Waals surface area contributed by atoms with Crippen LogP contribution in [0.15, 0.2) is 18.2 Å². The van der Waals surface area contributed by atoms with Gasteiger partial charge in [0.25, 0.3) is 0 Å². The first-order valence-electron chi connectivity index (χ1n) is 8.06. The second-order valence-corrected chi connectivity index (χ2v) is 6.55. The number of carbonyl (C=O) groups is 1. The average Bonchev–Trinajstić information content (AvgIpc) is 2.70. The molecule has 21 heavy (non-hydrogen) atoms. The van der Waals surface area contributed by atoms with Gasteiger partial charge < -0.3 is 9.47 Å². The fourth-order valence-electron chi connectivity index (χ4n) is 4.22. The second-order valence-electron chi connectivity index (χ2n) is 6.55. The van der Waals surface area contributed by atoms with Gasteiger partial charge in [-0.2, -0.15) is 0 Å². The molecule has 3 nitrogen and oxygen atoms in total. The molecule has 2 aromatic rings. The molecule has 1 amide bonds. The van der Waals surface area contributed by atoms with Crippen molar-refractivity contribution in [3.8, 4) is 0 Å². The number of rotatable bonds is 0. The zero-order valence-corrected chi connectivity index (χ0v) is 12.9. The van der Waals surface area contributed by atoms with Crippen molar-refractivity contribution in [1.29, 1.82) is 0 Å². The van der Waals surface area contributed by atoms with E-state index in [1.165, 1.54) is 47.8 Å². The summed E-state index contributed by atoms with van der Waals surface area (Å²) in [4.78, 5) is 14.0. The molecule has 1 aliphatic carbocycles. The van der Waals surface area contributed by atoms with Gasteiger partial charge in [0.2, 0.25) is 5.91 Å². The van der Waals surface area contributed by atoms with Gasteiger partial charge in [-0.25, -0.2) is 0 Å². The first-order chi connectivity index (χ1) is 10.2. The second kappa shape index (κ2) is 4.62. The minimum Gasteiger partial charge on any atom is -0.342 e. The number of nitrogens with zero attached hydrogens (tertiary/aromatic N) is 2. The lowest BCUT2D eigenvalue weighted by Crippen LogP contribution is -2.37. The maximum absolute atomic E-state index is 12.0. The fraction of sp³-hybridized carbons (Fsp3) is 0.500. The van der Waals surface area contributed by atoms with Crippen LogP contribution < -0.4 is 0 Å². The summed E-state index contributed by atoms with van der Waals surface area (Å²) in [5.41, 5.74) is 5.80. The summed E-state index contributed by atoms with van der Waals surface area (Å²) >= 11 is 0. The van der Waals surface area contributed by atoms with Crippen molar-refractivity contribution < 1.29 is 4.79 Å². The van der Waals surface area contributed by atoms with Crippen LogP contribution in [0.2, 0.25) is 0 Å². The number of hydrogen-bond donors (Lipinski definition) is 0. The van der Waals surface area contributed by atoms with Gasteiger partial charge in [0.05, 0.1) is 5.52 Å². The smallest absolute Gasteiger partial charge is 0.220 e. The zero-order valence-electron chi connectivity index (χ0n) is 12.9. The van der Waals surface area contributed by atoms with Crippen LogP contribution in [0.1, 0.15) is 43.5 Å². The van der Waals surface area contributed by atoms with Crippen LogP contribution in [-0.2, 0) is 30.7 Å². The van der Waals surface area contributed by atoms with Crippen LogP contribution in [0.3, 0.4) is 0 Å². The fourth-order valence-corrected chi connectivity index (χ4v) is 4.22. The number of amides is 1. The van der Waals surface area contributed by atoms with E-state index in [2.05, 4.69) is 29.7 Å².